The molecule has 0 aliphatic heterocycles. The van der Waals surface area contributed by atoms with Crippen molar-refractivity contribution in [2.45, 2.75) is 4.90 Å². The van der Waals surface area contributed by atoms with E-state index < -0.39 is 10.0 Å². The van der Waals surface area contributed by atoms with Crippen LogP contribution in [0.25, 0.3) is 0 Å². The molecule has 7 nitrogen and oxygen atoms in total. The summed E-state index contributed by atoms with van der Waals surface area (Å²) in [6.07, 6.45) is 2.72. The van der Waals surface area contributed by atoms with E-state index in [1.807, 2.05) is 14.1 Å². The van der Waals surface area contributed by atoms with Crippen LogP contribution in [0.15, 0.2) is 46.1 Å². The topological polar surface area (TPSA) is 82.9 Å². The van der Waals surface area contributed by atoms with Gasteiger partial charge in [-0.25, -0.2) is 12.7 Å². The van der Waals surface area contributed by atoms with Gasteiger partial charge in [0.05, 0.1) is 28.1 Å². The third kappa shape index (κ3) is 3.54. The number of nitrogens with one attached hydrogen (secondary N) is 1. The Morgan fingerprint density at radius 2 is 1.83 bits per heavy atom. The van der Waals surface area contributed by atoms with Crippen LogP contribution < -0.4 is 10.2 Å². The molecular weight excluding hydrogens is 318 g/mol. The van der Waals surface area contributed by atoms with Gasteiger partial charge in [-0.3, -0.25) is 4.79 Å². The van der Waals surface area contributed by atoms with Crippen LogP contribution in [0.5, 0.6) is 0 Å². The first kappa shape index (κ1) is 17.0. The number of furan rings is 1. The fourth-order valence-electron chi connectivity index (χ4n) is 1.96. The predicted molar refractivity (Wildman–Crippen MR) is 88.3 cm³/mol. The molecule has 2 rings (SSSR count). The number of hydrogen-bond acceptors (Lipinski definition) is 5. The van der Waals surface area contributed by atoms with E-state index in [1.54, 1.807) is 11.0 Å². The number of anilines is 2. The summed E-state index contributed by atoms with van der Waals surface area (Å²) in [6.45, 7) is 0. The summed E-state index contributed by atoms with van der Waals surface area (Å²) < 4.78 is 30.5. The molecule has 0 saturated heterocycles. The van der Waals surface area contributed by atoms with Crippen molar-refractivity contribution in [1.29, 1.82) is 0 Å². The quantitative estimate of drug-likeness (QED) is 0.900. The molecule has 1 amide bonds. The highest BCUT2D eigenvalue weighted by atomic mass is 32.2. The zero-order valence-corrected chi connectivity index (χ0v) is 14.2. The van der Waals surface area contributed by atoms with Gasteiger partial charge in [0.1, 0.15) is 6.26 Å². The summed E-state index contributed by atoms with van der Waals surface area (Å²) in [6, 6.07) is 6.15. The Kier molecular flexibility index (Phi) is 4.76. The van der Waals surface area contributed by atoms with E-state index in [2.05, 4.69) is 5.32 Å². The highest BCUT2D eigenvalue weighted by molar-refractivity contribution is 7.89. The lowest BCUT2D eigenvalue weighted by molar-refractivity contribution is 0.102. The van der Waals surface area contributed by atoms with Gasteiger partial charge in [0.2, 0.25) is 10.0 Å². The summed E-state index contributed by atoms with van der Waals surface area (Å²) in [4.78, 5) is 14.1. The second-order valence-electron chi connectivity index (χ2n) is 5.33. The highest BCUT2D eigenvalue weighted by Gasteiger charge is 2.20. The lowest BCUT2D eigenvalue weighted by Crippen LogP contribution is -2.23. The first-order chi connectivity index (χ1) is 10.7. The molecule has 0 unspecified atom stereocenters. The molecule has 1 heterocycles. The molecule has 0 fully saturated rings. The first-order valence-corrected chi connectivity index (χ1v) is 8.25. The van der Waals surface area contributed by atoms with Gasteiger partial charge in [-0.1, -0.05) is 0 Å². The third-order valence-corrected chi connectivity index (χ3v) is 5.07. The van der Waals surface area contributed by atoms with Crippen molar-refractivity contribution in [3.63, 3.8) is 0 Å². The molecule has 0 aliphatic rings. The van der Waals surface area contributed by atoms with Crippen molar-refractivity contribution >= 4 is 27.3 Å². The van der Waals surface area contributed by atoms with E-state index in [-0.39, 0.29) is 10.8 Å². The fraction of sp³-hybridized carbons (Fsp3) is 0.267. The lowest BCUT2D eigenvalue weighted by Gasteiger charge is -2.20. The number of nitrogens with zero attached hydrogens (tertiary/aromatic N) is 2. The normalized spacial score (nSPS) is 11.5. The van der Waals surface area contributed by atoms with Gasteiger partial charge in [0, 0.05) is 28.2 Å². The summed E-state index contributed by atoms with van der Waals surface area (Å²) in [5.74, 6) is -0.374. The minimum atomic E-state index is -3.59. The van der Waals surface area contributed by atoms with Gasteiger partial charge in [0.15, 0.2) is 0 Å². The standard InChI is InChI=1S/C15H19N3O4S/c1-17(2)14-6-5-12(23(20,21)18(3)4)9-13(14)16-15(19)11-7-8-22-10-11/h5-10H,1-4H3,(H,16,19). The van der Waals surface area contributed by atoms with Gasteiger partial charge < -0.3 is 14.6 Å². The van der Waals surface area contributed by atoms with Crippen LogP contribution in [0.1, 0.15) is 10.4 Å². The van der Waals surface area contributed by atoms with Crippen LogP contribution in [0, 0.1) is 0 Å². The number of rotatable bonds is 5. The molecule has 0 saturated carbocycles. The van der Waals surface area contributed by atoms with Crippen molar-refractivity contribution < 1.29 is 17.6 Å². The van der Waals surface area contributed by atoms with Gasteiger partial charge >= 0.3 is 0 Å². The van der Waals surface area contributed by atoms with Crippen molar-refractivity contribution in [3.05, 3.63) is 42.4 Å². The Morgan fingerprint density at radius 3 is 2.35 bits per heavy atom. The summed E-state index contributed by atoms with van der Waals surface area (Å²) in [5, 5.41) is 2.72. The molecular formula is C15H19N3O4S. The SMILES string of the molecule is CN(C)c1ccc(S(=O)(=O)N(C)C)cc1NC(=O)c1ccoc1. The molecule has 0 radical (unpaired) electrons. The van der Waals surface area contributed by atoms with Crippen LogP contribution in [0.4, 0.5) is 11.4 Å². The number of hydrogen-bond donors (Lipinski definition) is 1. The number of amides is 1. The van der Waals surface area contributed by atoms with Crippen LogP contribution >= 0.6 is 0 Å². The monoisotopic (exact) mass is 337 g/mol. The Labute approximate surface area is 135 Å². The van der Waals surface area contributed by atoms with Crippen molar-refractivity contribution in [2.75, 3.05) is 38.4 Å². The van der Waals surface area contributed by atoms with Gasteiger partial charge in [-0.05, 0) is 24.3 Å². The molecule has 1 N–H and O–H groups in total. The summed E-state index contributed by atoms with van der Waals surface area (Å²) in [5.41, 5.74) is 1.46. The third-order valence-electron chi connectivity index (χ3n) is 3.26. The average Bonchev–Trinajstić information content (AvgIpc) is 3.00. The molecule has 2 aromatic rings. The van der Waals surface area contributed by atoms with Gasteiger partial charge in [0.25, 0.3) is 5.91 Å². The van der Waals surface area contributed by atoms with Crippen LogP contribution in [-0.4, -0.2) is 46.8 Å². The lowest BCUT2D eigenvalue weighted by atomic mass is 10.2. The minimum absolute atomic E-state index is 0.107. The molecule has 0 aliphatic carbocycles. The molecule has 8 heteroatoms. The van der Waals surface area contributed by atoms with E-state index in [4.69, 9.17) is 4.42 Å². The maximum atomic E-state index is 12.3. The van der Waals surface area contributed by atoms with Crippen LogP contribution in [0.3, 0.4) is 0 Å². The first-order valence-electron chi connectivity index (χ1n) is 6.81. The highest BCUT2D eigenvalue weighted by Crippen LogP contribution is 2.29. The van der Waals surface area contributed by atoms with Crippen molar-refractivity contribution in [2.24, 2.45) is 0 Å². The fourth-order valence-corrected chi connectivity index (χ4v) is 2.89. The van der Waals surface area contributed by atoms with Gasteiger partial charge in [-0.15, -0.1) is 0 Å². The van der Waals surface area contributed by atoms with Crippen molar-refractivity contribution in [3.8, 4) is 0 Å². The molecule has 23 heavy (non-hydrogen) atoms. The maximum absolute atomic E-state index is 12.3. The zero-order valence-electron chi connectivity index (χ0n) is 13.4. The second-order valence-corrected chi connectivity index (χ2v) is 7.48. The second kappa shape index (κ2) is 6.43. The average molecular weight is 337 g/mol. The molecule has 1 aromatic carbocycles. The number of carbonyl (C=O) groups excluding carboxylic acids is 1. The van der Waals surface area contributed by atoms with Crippen molar-refractivity contribution in [1.82, 2.24) is 4.31 Å². The minimum Gasteiger partial charge on any atom is -0.472 e. The van der Waals surface area contributed by atoms with Gasteiger partial charge in [-0.2, -0.15) is 0 Å². The molecule has 0 bridgehead atoms. The van der Waals surface area contributed by atoms with E-state index in [1.165, 1.54) is 44.8 Å². The smallest absolute Gasteiger partial charge is 0.258 e. The Bertz CT molecular complexity index is 796. The molecule has 124 valence electrons. The van der Waals surface area contributed by atoms with Crippen LogP contribution in [0.2, 0.25) is 0 Å². The maximum Gasteiger partial charge on any atom is 0.258 e. The molecule has 0 spiro atoms. The Balaban J connectivity index is 2.45. The van der Waals surface area contributed by atoms with E-state index in [9.17, 15) is 13.2 Å². The summed E-state index contributed by atoms with van der Waals surface area (Å²) in [7, 11) is 2.95. The zero-order chi connectivity index (χ0) is 17.2. The number of benzene rings is 1. The predicted octanol–water partition coefficient (Wildman–Crippen LogP) is 1.85. The number of carbonyl (C=O) groups is 1. The Morgan fingerprint density at radius 1 is 1.13 bits per heavy atom. The van der Waals surface area contributed by atoms with E-state index in [0.717, 1.165) is 4.31 Å². The molecule has 1 aromatic heterocycles. The number of sulfonamides is 1. The van der Waals surface area contributed by atoms with Crippen LogP contribution in [-0.2, 0) is 10.0 Å². The largest absolute Gasteiger partial charge is 0.472 e. The Hall–Kier alpha value is -2.32. The molecule has 0 atom stereocenters. The van der Waals surface area contributed by atoms with E-state index >= 15 is 0 Å². The van der Waals surface area contributed by atoms with E-state index in [0.29, 0.717) is 16.9 Å². The summed E-state index contributed by atoms with van der Waals surface area (Å²) >= 11 is 0.